The second-order valence-corrected chi connectivity index (χ2v) is 3.57. The van der Waals surface area contributed by atoms with Gasteiger partial charge in [-0.1, -0.05) is 13.3 Å². The summed E-state index contributed by atoms with van der Waals surface area (Å²) in [5.74, 6) is -0.143. The number of methoxy groups -OCH3 is 2. The van der Waals surface area contributed by atoms with Gasteiger partial charge in [0, 0.05) is 19.6 Å². The summed E-state index contributed by atoms with van der Waals surface area (Å²) in [7, 11) is 3.12. The minimum atomic E-state index is -0.143. The number of nitrogens with one attached hydrogen (secondary N) is 1. The first kappa shape index (κ1) is 14.4. The Morgan fingerprint density at radius 2 is 2.13 bits per heavy atom. The zero-order valence-electron chi connectivity index (χ0n) is 10.0. The molecule has 0 heterocycles. The lowest BCUT2D eigenvalue weighted by Crippen LogP contribution is -2.34. The molecular formula is C11H23NO3. The van der Waals surface area contributed by atoms with Gasteiger partial charge in [0.2, 0.25) is 0 Å². The molecule has 1 unspecified atom stereocenters. The van der Waals surface area contributed by atoms with E-state index in [1.807, 2.05) is 0 Å². The van der Waals surface area contributed by atoms with Crippen LogP contribution in [0.2, 0.25) is 0 Å². The van der Waals surface area contributed by atoms with Crippen LogP contribution in [0.1, 0.15) is 32.6 Å². The van der Waals surface area contributed by atoms with E-state index in [4.69, 9.17) is 4.74 Å². The highest BCUT2D eigenvalue weighted by atomic mass is 16.5. The van der Waals surface area contributed by atoms with Crippen molar-refractivity contribution >= 4 is 5.97 Å². The first-order valence-electron chi connectivity index (χ1n) is 5.53. The SMILES string of the molecule is CCCC(COC)NCCCC(=O)OC. The van der Waals surface area contributed by atoms with Crippen molar-refractivity contribution in [3.05, 3.63) is 0 Å². The average Bonchev–Trinajstić information content (AvgIpc) is 2.24. The molecule has 0 radical (unpaired) electrons. The summed E-state index contributed by atoms with van der Waals surface area (Å²) in [6.07, 6.45) is 3.54. The Morgan fingerprint density at radius 1 is 1.40 bits per heavy atom. The van der Waals surface area contributed by atoms with Crippen LogP contribution in [0.4, 0.5) is 0 Å². The smallest absolute Gasteiger partial charge is 0.305 e. The van der Waals surface area contributed by atoms with E-state index >= 15 is 0 Å². The van der Waals surface area contributed by atoms with Gasteiger partial charge in [0.05, 0.1) is 13.7 Å². The molecule has 0 aliphatic carbocycles. The van der Waals surface area contributed by atoms with E-state index < -0.39 is 0 Å². The van der Waals surface area contributed by atoms with Crippen LogP contribution in [0.15, 0.2) is 0 Å². The maximum Gasteiger partial charge on any atom is 0.305 e. The standard InChI is InChI=1S/C11H23NO3/c1-4-6-10(9-14-2)12-8-5-7-11(13)15-3/h10,12H,4-9H2,1-3H3. The van der Waals surface area contributed by atoms with Crippen LogP contribution in [0, 0.1) is 0 Å². The summed E-state index contributed by atoms with van der Waals surface area (Å²) in [6, 6.07) is 0.401. The van der Waals surface area contributed by atoms with Crippen molar-refractivity contribution in [2.75, 3.05) is 27.4 Å². The molecule has 0 aromatic heterocycles. The summed E-state index contributed by atoms with van der Waals surface area (Å²) < 4.78 is 9.66. The van der Waals surface area contributed by atoms with Crippen molar-refractivity contribution in [2.24, 2.45) is 0 Å². The van der Waals surface area contributed by atoms with Gasteiger partial charge in [-0.3, -0.25) is 4.79 Å². The third kappa shape index (κ3) is 8.39. The van der Waals surface area contributed by atoms with E-state index in [1.54, 1.807) is 7.11 Å². The largest absolute Gasteiger partial charge is 0.469 e. The van der Waals surface area contributed by atoms with Gasteiger partial charge in [0.25, 0.3) is 0 Å². The number of esters is 1. The molecular weight excluding hydrogens is 194 g/mol. The van der Waals surface area contributed by atoms with Crippen LogP contribution in [-0.2, 0) is 14.3 Å². The molecule has 0 aliphatic rings. The van der Waals surface area contributed by atoms with Crippen LogP contribution in [0.3, 0.4) is 0 Å². The van der Waals surface area contributed by atoms with E-state index in [9.17, 15) is 4.79 Å². The molecule has 0 aliphatic heterocycles. The van der Waals surface area contributed by atoms with Crippen LogP contribution in [0.5, 0.6) is 0 Å². The lowest BCUT2D eigenvalue weighted by atomic mass is 10.1. The Balaban J connectivity index is 3.48. The summed E-state index contributed by atoms with van der Waals surface area (Å²) in [5.41, 5.74) is 0. The first-order valence-corrected chi connectivity index (χ1v) is 5.53. The predicted molar refractivity (Wildman–Crippen MR) is 59.8 cm³/mol. The number of hydrogen-bond donors (Lipinski definition) is 1. The van der Waals surface area contributed by atoms with Gasteiger partial charge in [-0.05, 0) is 19.4 Å². The molecule has 0 aromatic carbocycles. The van der Waals surface area contributed by atoms with Gasteiger partial charge in [-0.15, -0.1) is 0 Å². The molecule has 90 valence electrons. The highest BCUT2D eigenvalue weighted by Crippen LogP contribution is 1.98. The third-order valence-electron chi connectivity index (χ3n) is 2.22. The van der Waals surface area contributed by atoms with Gasteiger partial charge >= 0.3 is 5.97 Å². The van der Waals surface area contributed by atoms with Crippen molar-refractivity contribution in [1.82, 2.24) is 5.32 Å². The monoisotopic (exact) mass is 217 g/mol. The number of carbonyl (C=O) groups is 1. The first-order chi connectivity index (χ1) is 7.24. The summed E-state index contributed by atoms with van der Waals surface area (Å²) in [6.45, 7) is 3.72. The van der Waals surface area contributed by atoms with Gasteiger partial charge in [-0.25, -0.2) is 0 Å². The van der Waals surface area contributed by atoms with Crippen LogP contribution in [0.25, 0.3) is 0 Å². The number of hydrogen-bond acceptors (Lipinski definition) is 4. The molecule has 0 spiro atoms. The van der Waals surface area contributed by atoms with Gasteiger partial charge in [-0.2, -0.15) is 0 Å². The Labute approximate surface area is 92.3 Å². The molecule has 0 amide bonds. The van der Waals surface area contributed by atoms with Gasteiger partial charge < -0.3 is 14.8 Å². The van der Waals surface area contributed by atoms with Crippen molar-refractivity contribution in [3.63, 3.8) is 0 Å². The molecule has 4 heteroatoms. The van der Waals surface area contributed by atoms with E-state index in [0.29, 0.717) is 12.5 Å². The lowest BCUT2D eigenvalue weighted by Gasteiger charge is -2.16. The Hall–Kier alpha value is -0.610. The summed E-state index contributed by atoms with van der Waals surface area (Å²) in [4.78, 5) is 10.8. The molecule has 0 fully saturated rings. The summed E-state index contributed by atoms with van der Waals surface area (Å²) >= 11 is 0. The molecule has 0 aromatic rings. The number of rotatable bonds is 9. The van der Waals surface area contributed by atoms with Crippen molar-refractivity contribution in [1.29, 1.82) is 0 Å². The predicted octanol–water partition coefficient (Wildman–Crippen LogP) is 1.34. The molecule has 0 bridgehead atoms. The molecule has 0 saturated carbocycles. The molecule has 1 N–H and O–H groups in total. The fraction of sp³-hybridized carbons (Fsp3) is 0.909. The maximum atomic E-state index is 10.8. The normalized spacial score (nSPS) is 12.5. The highest BCUT2D eigenvalue weighted by molar-refractivity contribution is 5.69. The van der Waals surface area contributed by atoms with E-state index in [-0.39, 0.29) is 5.97 Å². The molecule has 15 heavy (non-hydrogen) atoms. The average molecular weight is 217 g/mol. The summed E-state index contributed by atoms with van der Waals surface area (Å²) in [5, 5.41) is 3.37. The minimum absolute atomic E-state index is 0.143. The quantitative estimate of drug-likeness (QED) is 0.468. The number of ether oxygens (including phenoxy) is 2. The Morgan fingerprint density at radius 3 is 2.67 bits per heavy atom. The van der Waals surface area contributed by atoms with Crippen LogP contribution in [-0.4, -0.2) is 39.4 Å². The number of carbonyl (C=O) groups excluding carboxylic acids is 1. The molecule has 4 nitrogen and oxygen atoms in total. The third-order valence-corrected chi connectivity index (χ3v) is 2.22. The Kier molecular flexibility index (Phi) is 9.52. The lowest BCUT2D eigenvalue weighted by molar-refractivity contribution is -0.140. The fourth-order valence-corrected chi connectivity index (χ4v) is 1.43. The highest BCUT2D eigenvalue weighted by Gasteiger charge is 2.06. The topological polar surface area (TPSA) is 47.6 Å². The van der Waals surface area contributed by atoms with Crippen LogP contribution >= 0.6 is 0 Å². The molecule has 0 saturated heterocycles. The van der Waals surface area contributed by atoms with Gasteiger partial charge in [0.1, 0.15) is 0 Å². The van der Waals surface area contributed by atoms with E-state index in [1.165, 1.54) is 7.11 Å². The fourth-order valence-electron chi connectivity index (χ4n) is 1.43. The Bertz CT molecular complexity index is 156. The van der Waals surface area contributed by atoms with Crippen LogP contribution < -0.4 is 5.32 Å². The van der Waals surface area contributed by atoms with Crippen molar-refractivity contribution < 1.29 is 14.3 Å². The second kappa shape index (κ2) is 9.93. The maximum absolute atomic E-state index is 10.8. The van der Waals surface area contributed by atoms with E-state index in [2.05, 4.69) is 17.0 Å². The van der Waals surface area contributed by atoms with Gasteiger partial charge in [0.15, 0.2) is 0 Å². The zero-order valence-corrected chi connectivity index (χ0v) is 10.0. The molecule has 0 rings (SSSR count). The second-order valence-electron chi connectivity index (χ2n) is 3.57. The van der Waals surface area contributed by atoms with Crippen molar-refractivity contribution in [3.8, 4) is 0 Å². The minimum Gasteiger partial charge on any atom is -0.469 e. The zero-order chi connectivity index (χ0) is 11.5. The van der Waals surface area contributed by atoms with E-state index in [0.717, 1.165) is 32.4 Å². The molecule has 1 atom stereocenters. The van der Waals surface area contributed by atoms with Crippen molar-refractivity contribution in [2.45, 2.75) is 38.6 Å².